The lowest BCUT2D eigenvalue weighted by Crippen LogP contribution is -2.21. The topological polar surface area (TPSA) is 34.4 Å². The third-order valence-electron chi connectivity index (χ3n) is 2.87. The molecule has 0 aliphatic heterocycles. The lowest BCUT2D eigenvalue weighted by atomic mass is 10.0. The predicted octanol–water partition coefficient (Wildman–Crippen LogP) is 4.42. The summed E-state index contributed by atoms with van der Waals surface area (Å²) in [6, 6.07) is 11.7. The summed E-state index contributed by atoms with van der Waals surface area (Å²) < 4.78 is 11.2. The zero-order valence-electron chi connectivity index (χ0n) is 12.0. The molecule has 3 nitrogen and oxygen atoms in total. The molecule has 0 spiro atoms. The molecular weight excluding hydrogens is 274 g/mol. The molecule has 1 aromatic heterocycles. The maximum Gasteiger partial charge on any atom is 0.193 e. The Kier molecular flexibility index (Phi) is 5.10. The van der Waals surface area contributed by atoms with Crippen LogP contribution >= 0.6 is 11.6 Å². The van der Waals surface area contributed by atoms with Crippen molar-refractivity contribution in [2.45, 2.75) is 32.9 Å². The summed E-state index contributed by atoms with van der Waals surface area (Å²) in [5.74, 6) is 1.69. The van der Waals surface area contributed by atoms with Gasteiger partial charge in [-0.1, -0.05) is 19.1 Å². The zero-order valence-corrected chi connectivity index (χ0v) is 12.8. The van der Waals surface area contributed by atoms with Crippen molar-refractivity contribution in [3.63, 3.8) is 0 Å². The average Bonchev–Trinajstić information content (AvgIpc) is 2.83. The van der Waals surface area contributed by atoms with Crippen LogP contribution in [0.5, 0.6) is 5.75 Å². The molecular formula is C16H20ClNO2. The molecule has 0 saturated carbocycles. The van der Waals surface area contributed by atoms with Crippen molar-refractivity contribution in [1.29, 1.82) is 0 Å². The predicted molar refractivity (Wildman–Crippen MR) is 81.4 cm³/mol. The second-order valence-corrected chi connectivity index (χ2v) is 5.24. The minimum atomic E-state index is 0.000556. The summed E-state index contributed by atoms with van der Waals surface area (Å²) in [4.78, 5) is 0. The van der Waals surface area contributed by atoms with Crippen LogP contribution in [0.15, 0.2) is 40.8 Å². The Bertz CT molecular complexity index is 534. The number of benzene rings is 1. The van der Waals surface area contributed by atoms with Crippen molar-refractivity contribution >= 4 is 11.6 Å². The first-order valence-electron chi connectivity index (χ1n) is 6.85. The molecule has 1 atom stereocenters. The molecule has 0 amide bonds. The highest BCUT2D eigenvalue weighted by Gasteiger charge is 2.16. The minimum absolute atomic E-state index is 0.000556. The van der Waals surface area contributed by atoms with Crippen LogP contribution in [-0.2, 0) is 0 Å². The van der Waals surface area contributed by atoms with Crippen LogP contribution < -0.4 is 10.1 Å². The van der Waals surface area contributed by atoms with Gasteiger partial charge in [-0.05, 0) is 61.8 Å². The lowest BCUT2D eigenvalue weighted by Gasteiger charge is -2.17. The van der Waals surface area contributed by atoms with Gasteiger partial charge in [0.05, 0.1) is 12.1 Å². The van der Waals surface area contributed by atoms with Crippen molar-refractivity contribution in [3.8, 4) is 5.75 Å². The second kappa shape index (κ2) is 6.82. The smallest absolute Gasteiger partial charge is 0.193 e. The van der Waals surface area contributed by atoms with Gasteiger partial charge in [0.2, 0.25) is 0 Å². The van der Waals surface area contributed by atoms with Crippen LogP contribution in [0.2, 0.25) is 5.22 Å². The first kappa shape index (κ1) is 14.9. The van der Waals surface area contributed by atoms with Crippen LogP contribution in [0.25, 0.3) is 0 Å². The SMILES string of the molecule is CCNC(c1ccc(OC(C)C)cc1)c1ccc(Cl)o1. The second-order valence-electron chi connectivity index (χ2n) is 4.87. The van der Waals surface area contributed by atoms with E-state index in [1.807, 2.05) is 44.2 Å². The molecule has 0 aliphatic rings. The van der Waals surface area contributed by atoms with Gasteiger partial charge in [0.25, 0.3) is 0 Å². The summed E-state index contributed by atoms with van der Waals surface area (Å²) in [7, 11) is 0. The minimum Gasteiger partial charge on any atom is -0.491 e. The number of rotatable bonds is 6. The summed E-state index contributed by atoms with van der Waals surface area (Å²) in [5.41, 5.74) is 1.12. The standard InChI is InChI=1S/C16H20ClNO2/c1-4-18-16(14-9-10-15(17)20-14)12-5-7-13(8-6-12)19-11(2)3/h5-11,16,18H,4H2,1-3H3. The number of halogens is 1. The molecule has 1 aromatic carbocycles. The molecule has 0 radical (unpaired) electrons. The van der Waals surface area contributed by atoms with Crippen LogP contribution in [0.4, 0.5) is 0 Å². The highest BCUT2D eigenvalue weighted by Crippen LogP contribution is 2.27. The van der Waals surface area contributed by atoms with E-state index in [1.165, 1.54) is 0 Å². The van der Waals surface area contributed by atoms with E-state index < -0.39 is 0 Å². The Hall–Kier alpha value is -1.45. The van der Waals surface area contributed by atoms with Gasteiger partial charge in [-0.15, -0.1) is 0 Å². The van der Waals surface area contributed by atoms with Crippen LogP contribution in [0.3, 0.4) is 0 Å². The van der Waals surface area contributed by atoms with E-state index in [2.05, 4.69) is 12.2 Å². The first-order chi connectivity index (χ1) is 9.60. The van der Waals surface area contributed by atoms with Crippen LogP contribution in [0.1, 0.15) is 38.1 Å². The van der Waals surface area contributed by atoms with E-state index in [-0.39, 0.29) is 12.1 Å². The van der Waals surface area contributed by atoms with Gasteiger partial charge in [-0.25, -0.2) is 0 Å². The Labute approximate surface area is 124 Å². The quantitative estimate of drug-likeness (QED) is 0.856. The van der Waals surface area contributed by atoms with E-state index >= 15 is 0 Å². The molecule has 1 heterocycles. The van der Waals surface area contributed by atoms with Crippen LogP contribution in [0, 0.1) is 0 Å². The average molecular weight is 294 g/mol. The van der Waals surface area contributed by atoms with Gasteiger partial charge >= 0.3 is 0 Å². The molecule has 0 aliphatic carbocycles. The van der Waals surface area contributed by atoms with Gasteiger partial charge in [0, 0.05) is 0 Å². The maximum absolute atomic E-state index is 5.86. The Morgan fingerprint density at radius 3 is 2.35 bits per heavy atom. The van der Waals surface area contributed by atoms with Crippen molar-refractivity contribution < 1.29 is 9.15 Å². The molecule has 0 bridgehead atoms. The van der Waals surface area contributed by atoms with Gasteiger partial charge in [0.15, 0.2) is 5.22 Å². The molecule has 20 heavy (non-hydrogen) atoms. The van der Waals surface area contributed by atoms with Crippen molar-refractivity contribution in [2.75, 3.05) is 6.54 Å². The van der Waals surface area contributed by atoms with Gasteiger partial charge in [-0.3, -0.25) is 0 Å². The van der Waals surface area contributed by atoms with Gasteiger partial charge in [0.1, 0.15) is 11.5 Å². The summed E-state index contributed by atoms with van der Waals surface area (Å²) in [6.45, 7) is 6.93. The van der Waals surface area contributed by atoms with Gasteiger partial charge < -0.3 is 14.5 Å². The zero-order chi connectivity index (χ0) is 14.5. The van der Waals surface area contributed by atoms with Crippen molar-refractivity contribution in [1.82, 2.24) is 5.32 Å². The summed E-state index contributed by atoms with van der Waals surface area (Å²) in [5, 5.41) is 3.80. The van der Waals surface area contributed by atoms with E-state index in [4.69, 9.17) is 20.8 Å². The largest absolute Gasteiger partial charge is 0.491 e. The van der Waals surface area contributed by atoms with Crippen molar-refractivity contribution in [3.05, 3.63) is 52.9 Å². The van der Waals surface area contributed by atoms with E-state index in [0.29, 0.717) is 5.22 Å². The molecule has 0 fully saturated rings. The Balaban J connectivity index is 2.21. The fourth-order valence-corrected chi connectivity index (χ4v) is 2.23. The third-order valence-corrected chi connectivity index (χ3v) is 3.08. The fourth-order valence-electron chi connectivity index (χ4n) is 2.08. The molecule has 2 rings (SSSR count). The maximum atomic E-state index is 5.86. The summed E-state index contributed by atoms with van der Waals surface area (Å²) >= 11 is 5.86. The highest BCUT2D eigenvalue weighted by molar-refractivity contribution is 6.28. The lowest BCUT2D eigenvalue weighted by molar-refractivity contribution is 0.242. The molecule has 1 N–H and O–H groups in total. The molecule has 1 unspecified atom stereocenters. The number of hydrogen-bond donors (Lipinski definition) is 1. The Morgan fingerprint density at radius 2 is 1.85 bits per heavy atom. The first-order valence-corrected chi connectivity index (χ1v) is 7.23. The molecule has 0 saturated heterocycles. The monoisotopic (exact) mass is 293 g/mol. The number of furan rings is 1. The Morgan fingerprint density at radius 1 is 1.15 bits per heavy atom. The highest BCUT2D eigenvalue weighted by atomic mass is 35.5. The molecule has 4 heteroatoms. The number of ether oxygens (including phenoxy) is 1. The fraction of sp³-hybridized carbons (Fsp3) is 0.375. The van der Waals surface area contributed by atoms with E-state index in [9.17, 15) is 0 Å². The normalized spacial score (nSPS) is 12.7. The van der Waals surface area contributed by atoms with E-state index in [0.717, 1.165) is 23.6 Å². The van der Waals surface area contributed by atoms with Crippen LogP contribution in [-0.4, -0.2) is 12.6 Å². The molecule has 108 valence electrons. The third kappa shape index (κ3) is 3.78. The van der Waals surface area contributed by atoms with Gasteiger partial charge in [-0.2, -0.15) is 0 Å². The number of nitrogens with one attached hydrogen (secondary N) is 1. The molecule has 2 aromatic rings. The van der Waals surface area contributed by atoms with Crippen molar-refractivity contribution in [2.24, 2.45) is 0 Å². The van der Waals surface area contributed by atoms with E-state index in [1.54, 1.807) is 6.07 Å². The summed E-state index contributed by atoms with van der Waals surface area (Å²) in [6.07, 6.45) is 0.175. The number of hydrogen-bond acceptors (Lipinski definition) is 3.